The van der Waals surface area contributed by atoms with Gasteiger partial charge in [-0.1, -0.05) is 96.8 Å². The summed E-state index contributed by atoms with van der Waals surface area (Å²) in [6.07, 6.45) is 6.73. The molecule has 3 N–H and O–H groups in total. The lowest BCUT2D eigenvalue weighted by Crippen LogP contribution is -2.53. The second-order valence-corrected chi connectivity index (χ2v) is 17.4. The molecule has 3 aliphatic rings. The van der Waals surface area contributed by atoms with Crippen LogP contribution in [0.2, 0.25) is 0 Å². The van der Waals surface area contributed by atoms with Gasteiger partial charge in [0.05, 0.1) is 35.9 Å². The first-order chi connectivity index (χ1) is 32.7. The third kappa shape index (κ3) is 10.1. The molecule has 6 aromatic rings. The van der Waals surface area contributed by atoms with Crippen LogP contribution in [-0.2, 0) is 14.3 Å². The van der Waals surface area contributed by atoms with E-state index in [1.54, 1.807) is 34.3 Å². The molecule has 3 aliphatic heterocycles. The van der Waals surface area contributed by atoms with Crippen molar-refractivity contribution in [1.82, 2.24) is 44.9 Å². The lowest BCUT2D eigenvalue weighted by Gasteiger charge is -2.34. The molecule has 3 fully saturated rings. The van der Waals surface area contributed by atoms with Crippen molar-refractivity contribution in [2.45, 2.75) is 49.9 Å². The van der Waals surface area contributed by atoms with Crippen molar-refractivity contribution in [2.24, 2.45) is 0 Å². The van der Waals surface area contributed by atoms with Crippen LogP contribution in [0.25, 0.3) is 22.5 Å². The third-order valence-corrected chi connectivity index (χ3v) is 13.0. The van der Waals surface area contributed by atoms with E-state index >= 15 is 0 Å². The molecule has 15 heteroatoms. The molecule has 3 saturated heterocycles. The lowest BCUT2D eigenvalue weighted by molar-refractivity contribution is -0.613. The van der Waals surface area contributed by atoms with Crippen molar-refractivity contribution in [3.8, 4) is 34.4 Å². The predicted octanol–water partition coefficient (Wildman–Crippen LogP) is 7.02. The Bertz CT molecular complexity index is 2740. The summed E-state index contributed by atoms with van der Waals surface area (Å²) in [6.45, 7) is 3.70. The Kier molecular flexibility index (Phi) is 13.6. The number of imidazole rings is 2. The fourth-order valence-electron chi connectivity index (χ4n) is 9.29. The van der Waals surface area contributed by atoms with Crippen molar-refractivity contribution in [3.05, 3.63) is 160 Å². The fraction of sp³-hybridized carbons (Fsp3) is 0.327. The number of nitrogens with one attached hydrogen (secondary N) is 3. The predicted molar refractivity (Wildman–Crippen MR) is 253 cm³/mol. The number of urea groups is 1. The standard InChI is InChI=1S/C52H54N10O5/c1-58-29-31-59(32-30-58)52(65)57-46(40-11-5-3-6-12-40)50(63)60-27-9-15-44(60)48-53-33-42(55-48)38-23-19-36(20-24-38)17-18-37-21-25-39(26-22-37)43-34-54-49(56-43)45-16-10-28-61(45)51(64)47(62(66)35-67-2)41-13-7-4-8-14-41/h3-8,11-14,19-26,33-34,44-47H,9-10,15-16,27-32,35H2,1-2H3,(H2-,53,54,55,56,57,65)/p+1. The van der Waals surface area contributed by atoms with Gasteiger partial charge < -0.3 is 39.6 Å². The minimum Gasteiger partial charge on any atom is -0.340 e. The Balaban J connectivity index is 0.829. The number of methoxy groups -OCH3 is 1. The number of rotatable bonds is 12. The van der Waals surface area contributed by atoms with Crippen LogP contribution in [0.15, 0.2) is 122 Å². The Labute approximate surface area is 390 Å². The number of piperazine rings is 1. The average molecular weight is 900 g/mol. The summed E-state index contributed by atoms with van der Waals surface area (Å²) in [6, 6.07) is 31.9. The number of benzene rings is 4. The molecule has 4 unspecified atom stereocenters. The van der Waals surface area contributed by atoms with Gasteiger partial charge in [0.1, 0.15) is 17.7 Å². The summed E-state index contributed by atoms with van der Waals surface area (Å²) in [7, 11) is 3.49. The SMILES string of the molecule is COC[N+](=O)C(C(=O)N1CCCC1c1ncc(-c2ccc(C#Cc3ccc(-c4cnc(C5CCCN5C(=O)C(NC(=O)N5CCN(C)CC5)c5ccccc5)[nH]4)cc3)cc2)[nH]1)c1ccccc1. The molecule has 342 valence electrons. The zero-order valence-electron chi connectivity index (χ0n) is 37.8. The topological polar surface area (TPSA) is 163 Å². The highest BCUT2D eigenvalue weighted by atomic mass is 16.5. The van der Waals surface area contributed by atoms with Gasteiger partial charge in [0, 0.05) is 72.7 Å². The molecule has 4 amide bonds. The van der Waals surface area contributed by atoms with E-state index in [9.17, 15) is 19.3 Å². The quantitative estimate of drug-likeness (QED) is 0.0671. The van der Waals surface area contributed by atoms with Crippen LogP contribution in [0.3, 0.4) is 0 Å². The monoisotopic (exact) mass is 899 g/mol. The first kappa shape index (κ1) is 44.8. The van der Waals surface area contributed by atoms with Crippen LogP contribution in [0.1, 0.15) is 83.8 Å². The molecule has 0 spiro atoms. The first-order valence-corrected chi connectivity index (χ1v) is 22.9. The van der Waals surface area contributed by atoms with E-state index in [0.717, 1.165) is 83.8 Å². The minimum atomic E-state index is -1.02. The molecule has 2 aromatic heterocycles. The average Bonchev–Trinajstić information content (AvgIpc) is 4.22. The summed E-state index contributed by atoms with van der Waals surface area (Å²) >= 11 is 0. The van der Waals surface area contributed by atoms with Crippen molar-refractivity contribution in [2.75, 3.05) is 60.2 Å². The lowest BCUT2D eigenvalue weighted by atomic mass is 10.0. The number of hydrogen-bond acceptors (Lipinski definition) is 8. The Morgan fingerprint density at radius 3 is 1.69 bits per heavy atom. The molecule has 0 radical (unpaired) electrons. The van der Waals surface area contributed by atoms with Gasteiger partial charge in [-0.25, -0.2) is 14.8 Å². The van der Waals surface area contributed by atoms with E-state index in [-0.39, 0.29) is 36.7 Å². The summed E-state index contributed by atoms with van der Waals surface area (Å²) in [5.41, 5.74) is 6.63. The van der Waals surface area contributed by atoms with Crippen LogP contribution in [0, 0.1) is 16.7 Å². The molecular weight excluding hydrogens is 845 g/mol. The summed E-state index contributed by atoms with van der Waals surface area (Å²) in [4.78, 5) is 78.7. The number of H-pyrrole nitrogens is 2. The number of aromatic nitrogens is 4. The van der Waals surface area contributed by atoms with Gasteiger partial charge in [-0.2, -0.15) is 0 Å². The number of aromatic amines is 2. The highest BCUT2D eigenvalue weighted by Crippen LogP contribution is 2.36. The van der Waals surface area contributed by atoms with E-state index in [1.807, 2.05) is 109 Å². The van der Waals surface area contributed by atoms with Crippen LogP contribution >= 0.6 is 0 Å². The summed E-state index contributed by atoms with van der Waals surface area (Å²) in [5, 5.41) is 3.07. The number of nitroso groups, excluding NO2 is 1. The Morgan fingerprint density at radius 2 is 1.18 bits per heavy atom. The number of nitrogens with zero attached hydrogens (tertiary/aromatic N) is 7. The minimum absolute atomic E-state index is 0.144. The van der Waals surface area contributed by atoms with Crippen molar-refractivity contribution in [1.29, 1.82) is 0 Å². The molecule has 0 bridgehead atoms. The van der Waals surface area contributed by atoms with E-state index < -0.39 is 12.1 Å². The Morgan fingerprint density at radius 1 is 0.687 bits per heavy atom. The van der Waals surface area contributed by atoms with Crippen LogP contribution in [0.5, 0.6) is 0 Å². The second kappa shape index (κ2) is 20.4. The first-order valence-electron chi connectivity index (χ1n) is 22.9. The molecule has 15 nitrogen and oxygen atoms in total. The largest absolute Gasteiger partial charge is 0.340 e. The maximum absolute atomic E-state index is 14.3. The van der Waals surface area contributed by atoms with E-state index in [2.05, 4.69) is 37.0 Å². The number of carbonyl (C=O) groups excluding carboxylic acids is 3. The molecule has 5 heterocycles. The van der Waals surface area contributed by atoms with Crippen LogP contribution < -0.4 is 5.32 Å². The molecule has 4 atom stereocenters. The van der Waals surface area contributed by atoms with Crippen LogP contribution in [-0.4, -0.2) is 122 Å². The normalized spacial score (nSPS) is 18.3. The highest BCUT2D eigenvalue weighted by Gasteiger charge is 2.43. The fourth-order valence-corrected chi connectivity index (χ4v) is 9.29. The molecule has 67 heavy (non-hydrogen) atoms. The summed E-state index contributed by atoms with van der Waals surface area (Å²) < 4.78 is 5.79. The third-order valence-electron chi connectivity index (χ3n) is 13.0. The van der Waals surface area contributed by atoms with Crippen molar-refractivity contribution in [3.63, 3.8) is 0 Å². The molecule has 4 aromatic carbocycles. The number of likely N-dealkylation sites (tertiary alicyclic amines) is 2. The molecule has 9 rings (SSSR count). The molecule has 0 aliphatic carbocycles. The highest BCUT2D eigenvalue weighted by molar-refractivity contribution is 5.89. The smallest absolute Gasteiger partial charge is 0.318 e. The van der Waals surface area contributed by atoms with Gasteiger partial charge in [0.2, 0.25) is 5.91 Å². The van der Waals surface area contributed by atoms with E-state index in [1.165, 1.54) is 7.11 Å². The zero-order valence-corrected chi connectivity index (χ0v) is 37.8. The number of likely N-dealkylation sites (N-methyl/N-ethyl adjacent to an activating group) is 1. The number of hydrogen-bond donors (Lipinski definition) is 3. The van der Waals surface area contributed by atoms with Crippen molar-refractivity contribution >= 4 is 17.8 Å². The van der Waals surface area contributed by atoms with E-state index in [0.29, 0.717) is 42.3 Å². The number of amides is 4. The second-order valence-electron chi connectivity index (χ2n) is 17.4. The molecule has 0 saturated carbocycles. The van der Waals surface area contributed by atoms with Crippen molar-refractivity contribution < 1.29 is 23.9 Å². The maximum Gasteiger partial charge on any atom is 0.318 e. The van der Waals surface area contributed by atoms with Gasteiger partial charge >= 0.3 is 18.0 Å². The van der Waals surface area contributed by atoms with Gasteiger partial charge in [-0.15, -0.1) is 0 Å². The number of ether oxygens (including phenoxy) is 1. The van der Waals surface area contributed by atoms with E-state index in [4.69, 9.17) is 9.72 Å². The van der Waals surface area contributed by atoms with Crippen LogP contribution in [0.4, 0.5) is 4.79 Å². The summed E-state index contributed by atoms with van der Waals surface area (Å²) in [5.74, 6) is 7.53. The van der Waals surface area contributed by atoms with Gasteiger partial charge in [0.25, 0.3) is 6.73 Å². The maximum atomic E-state index is 14.3. The number of carbonyl (C=O) groups is 3. The van der Waals surface area contributed by atoms with Gasteiger partial charge in [-0.05, 0) is 73.7 Å². The zero-order chi connectivity index (χ0) is 46.3. The van der Waals surface area contributed by atoms with Gasteiger partial charge in [-0.3, -0.25) is 9.59 Å². The van der Waals surface area contributed by atoms with Gasteiger partial charge in [0.15, 0.2) is 0 Å². The Hall–Kier alpha value is -7.41. The molecular formula is C52H55N10O5+.